The van der Waals surface area contributed by atoms with Crippen LogP contribution in [0.1, 0.15) is 25.0 Å². The minimum atomic E-state index is -4.63. The zero-order valence-corrected chi connectivity index (χ0v) is 19.1. The van der Waals surface area contributed by atoms with Gasteiger partial charge < -0.3 is 4.90 Å². The van der Waals surface area contributed by atoms with Crippen molar-refractivity contribution in [2.45, 2.75) is 36.3 Å². The van der Waals surface area contributed by atoms with E-state index in [-0.39, 0.29) is 0 Å². The first-order valence-electron chi connectivity index (χ1n) is 9.86. The molecule has 1 aromatic heterocycles. The number of carbonyl (C=O) groups is 1. The topological polar surface area (TPSA) is 70.6 Å². The average molecular weight is 490 g/mol. The van der Waals surface area contributed by atoms with E-state index in [4.69, 9.17) is 11.6 Å². The number of piperazine rings is 1. The van der Waals surface area contributed by atoms with Gasteiger partial charge in [0.2, 0.25) is 15.7 Å². The predicted molar refractivity (Wildman–Crippen MR) is 114 cm³/mol. The lowest BCUT2D eigenvalue weighted by atomic mass is 10.1. The summed E-state index contributed by atoms with van der Waals surface area (Å²) >= 11 is 6.01. The van der Waals surface area contributed by atoms with Crippen LogP contribution in [0.25, 0.3) is 0 Å². The molecule has 0 unspecified atom stereocenters. The molecule has 6 nitrogen and oxygen atoms in total. The van der Waals surface area contributed by atoms with Gasteiger partial charge in [-0.1, -0.05) is 23.7 Å². The highest BCUT2D eigenvalue weighted by molar-refractivity contribution is 7.93. The van der Waals surface area contributed by atoms with Crippen LogP contribution in [0.5, 0.6) is 0 Å². The first kappa shape index (κ1) is 24.5. The van der Waals surface area contributed by atoms with Gasteiger partial charge in [0.25, 0.3) is 0 Å². The molecule has 0 atom stereocenters. The number of rotatable bonds is 5. The van der Waals surface area contributed by atoms with Crippen LogP contribution in [0.15, 0.2) is 47.6 Å². The number of benzene rings is 1. The Labute approximate surface area is 189 Å². The zero-order valence-electron chi connectivity index (χ0n) is 17.6. The van der Waals surface area contributed by atoms with E-state index in [1.807, 2.05) is 18.2 Å². The number of alkyl halides is 3. The molecule has 0 spiro atoms. The molecule has 0 N–H and O–H groups in total. The van der Waals surface area contributed by atoms with Crippen molar-refractivity contribution >= 4 is 27.3 Å². The summed E-state index contributed by atoms with van der Waals surface area (Å²) in [4.78, 5) is 20.2. The zero-order chi connectivity index (χ0) is 23.7. The molecule has 1 aliphatic rings. The van der Waals surface area contributed by atoms with Gasteiger partial charge in [0.15, 0.2) is 9.77 Å². The maximum atomic E-state index is 13.1. The molecular formula is C21H23ClF3N3O3S. The molecule has 174 valence electrons. The largest absolute Gasteiger partial charge is 0.417 e. The molecule has 0 saturated carbocycles. The lowest BCUT2D eigenvalue weighted by molar-refractivity contribution is -0.138. The SMILES string of the molecule is CC(C)(C(=O)N1CCN(Cc2cccc(Cl)c2)CC1)S(=O)(=O)c1ccc(C(F)(F)F)cn1. The Hall–Kier alpha value is -2.17. The number of aromatic nitrogens is 1. The maximum Gasteiger partial charge on any atom is 0.417 e. The summed E-state index contributed by atoms with van der Waals surface area (Å²) in [6.07, 6.45) is -4.17. The van der Waals surface area contributed by atoms with E-state index in [0.29, 0.717) is 50.0 Å². The highest BCUT2D eigenvalue weighted by atomic mass is 35.5. The van der Waals surface area contributed by atoms with Crippen LogP contribution < -0.4 is 0 Å². The Kier molecular flexibility index (Phi) is 6.88. The van der Waals surface area contributed by atoms with Crippen LogP contribution >= 0.6 is 11.6 Å². The monoisotopic (exact) mass is 489 g/mol. The fourth-order valence-electron chi connectivity index (χ4n) is 3.47. The van der Waals surface area contributed by atoms with Crippen molar-refractivity contribution in [2.75, 3.05) is 26.2 Å². The standard InChI is InChI=1S/C21H23ClF3N3O3S/c1-20(2,32(30,31)18-7-6-16(13-26-18)21(23,24)25)19(29)28-10-8-27(9-11-28)14-15-4-3-5-17(22)12-15/h3-7,12-13H,8-11,14H2,1-2H3. The predicted octanol–water partition coefficient (Wildman–Crippen LogP) is 3.65. The summed E-state index contributed by atoms with van der Waals surface area (Å²) in [7, 11) is -4.31. The average Bonchev–Trinajstić information content (AvgIpc) is 2.73. The lowest BCUT2D eigenvalue weighted by Crippen LogP contribution is -2.56. The van der Waals surface area contributed by atoms with Crippen LogP contribution in [0.4, 0.5) is 13.2 Å². The summed E-state index contributed by atoms with van der Waals surface area (Å²) in [6.45, 7) is 4.92. The van der Waals surface area contributed by atoms with Gasteiger partial charge in [-0.2, -0.15) is 13.2 Å². The number of hydrogen-bond acceptors (Lipinski definition) is 5. The van der Waals surface area contributed by atoms with E-state index in [9.17, 15) is 26.4 Å². The number of sulfone groups is 1. The normalized spacial score (nSPS) is 16.2. The van der Waals surface area contributed by atoms with Crippen molar-refractivity contribution in [1.82, 2.24) is 14.8 Å². The number of nitrogens with zero attached hydrogens (tertiary/aromatic N) is 3. The first-order valence-corrected chi connectivity index (χ1v) is 11.7. The van der Waals surface area contributed by atoms with Gasteiger partial charge in [-0.25, -0.2) is 13.4 Å². The van der Waals surface area contributed by atoms with Crippen molar-refractivity contribution in [3.05, 3.63) is 58.7 Å². The molecule has 3 rings (SSSR count). The van der Waals surface area contributed by atoms with Gasteiger partial charge in [-0.15, -0.1) is 0 Å². The van der Waals surface area contributed by atoms with Crippen molar-refractivity contribution in [3.63, 3.8) is 0 Å². The summed E-state index contributed by atoms with van der Waals surface area (Å²) in [5, 5.41) is 0.0728. The second-order valence-electron chi connectivity index (χ2n) is 8.09. The highest BCUT2D eigenvalue weighted by Crippen LogP contribution is 2.31. The smallest absolute Gasteiger partial charge is 0.339 e. The fraction of sp³-hybridized carbons (Fsp3) is 0.429. The van der Waals surface area contributed by atoms with E-state index < -0.39 is 37.3 Å². The number of carbonyl (C=O) groups excluding carboxylic acids is 1. The van der Waals surface area contributed by atoms with E-state index >= 15 is 0 Å². The van der Waals surface area contributed by atoms with E-state index in [2.05, 4.69) is 9.88 Å². The molecule has 11 heteroatoms. The molecule has 1 amide bonds. The molecule has 2 aromatic rings. The highest BCUT2D eigenvalue weighted by Gasteiger charge is 2.46. The summed E-state index contributed by atoms with van der Waals surface area (Å²) in [6, 6.07) is 8.91. The van der Waals surface area contributed by atoms with Crippen LogP contribution in [-0.4, -0.2) is 60.0 Å². The third-order valence-corrected chi connectivity index (χ3v) is 8.03. The molecule has 1 aliphatic heterocycles. The summed E-state index contributed by atoms with van der Waals surface area (Å²) in [5.41, 5.74) is -0.0232. The third-order valence-electron chi connectivity index (χ3n) is 5.48. The van der Waals surface area contributed by atoms with E-state index in [1.165, 1.54) is 18.7 Å². The second-order valence-corrected chi connectivity index (χ2v) is 11.0. The molecule has 0 radical (unpaired) electrons. The molecular weight excluding hydrogens is 467 g/mol. The van der Waals surface area contributed by atoms with Gasteiger partial charge in [0.05, 0.1) is 5.56 Å². The number of halogens is 4. The number of hydrogen-bond donors (Lipinski definition) is 0. The molecule has 1 aromatic carbocycles. The van der Waals surface area contributed by atoms with Crippen LogP contribution in [0.2, 0.25) is 5.02 Å². The minimum absolute atomic E-state index is 0.332. The quantitative estimate of drug-likeness (QED) is 0.641. The van der Waals surface area contributed by atoms with Gasteiger partial charge in [0.1, 0.15) is 0 Å². The van der Waals surface area contributed by atoms with Gasteiger partial charge in [-0.3, -0.25) is 9.69 Å². The Morgan fingerprint density at radius 1 is 1.09 bits per heavy atom. The Morgan fingerprint density at radius 2 is 1.75 bits per heavy atom. The Balaban J connectivity index is 1.68. The van der Waals surface area contributed by atoms with Crippen LogP contribution in [0.3, 0.4) is 0 Å². The molecule has 0 aliphatic carbocycles. The molecule has 0 bridgehead atoms. The molecule has 2 heterocycles. The molecule has 32 heavy (non-hydrogen) atoms. The number of pyridine rings is 1. The van der Waals surface area contributed by atoms with Gasteiger partial charge >= 0.3 is 6.18 Å². The fourth-order valence-corrected chi connectivity index (χ4v) is 5.00. The first-order chi connectivity index (χ1) is 14.8. The third kappa shape index (κ3) is 5.07. The van der Waals surface area contributed by atoms with Crippen molar-refractivity contribution in [2.24, 2.45) is 0 Å². The van der Waals surface area contributed by atoms with E-state index in [1.54, 1.807) is 6.07 Å². The van der Waals surface area contributed by atoms with Crippen LogP contribution in [-0.2, 0) is 27.4 Å². The Morgan fingerprint density at radius 3 is 2.28 bits per heavy atom. The minimum Gasteiger partial charge on any atom is -0.339 e. The van der Waals surface area contributed by atoms with E-state index in [0.717, 1.165) is 11.6 Å². The Bertz CT molecular complexity index is 1080. The summed E-state index contributed by atoms with van der Waals surface area (Å²) in [5.74, 6) is -0.610. The molecule has 1 fully saturated rings. The van der Waals surface area contributed by atoms with Crippen molar-refractivity contribution < 1.29 is 26.4 Å². The van der Waals surface area contributed by atoms with Gasteiger partial charge in [0, 0.05) is 43.9 Å². The van der Waals surface area contributed by atoms with Gasteiger partial charge in [-0.05, 0) is 43.7 Å². The number of amides is 1. The lowest BCUT2D eigenvalue weighted by Gasteiger charge is -2.38. The van der Waals surface area contributed by atoms with Crippen molar-refractivity contribution in [3.8, 4) is 0 Å². The molecule has 1 saturated heterocycles. The van der Waals surface area contributed by atoms with Crippen molar-refractivity contribution in [1.29, 1.82) is 0 Å². The summed E-state index contributed by atoms with van der Waals surface area (Å²) < 4.78 is 62.4. The second kappa shape index (κ2) is 8.99. The maximum absolute atomic E-state index is 13.1. The van der Waals surface area contributed by atoms with Crippen LogP contribution in [0, 0.1) is 0 Å².